The molecule has 1 aliphatic carbocycles. The molecule has 3 atom stereocenters. The van der Waals surface area contributed by atoms with Crippen LogP contribution in [-0.4, -0.2) is 66.2 Å². The fourth-order valence-electron chi connectivity index (χ4n) is 4.79. The number of rotatable bonds is 5. The van der Waals surface area contributed by atoms with Crippen molar-refractivity contribution in [3.8, 4) is 0 Å². The van der Waals surface area contributed by atoms with Crippen molar-refractivity contribution >= 4 is 11.9 Å². The van der Waals surface area contributed by atoms with Crippen LogP contribution in [0.25, 0.3) is 0 Å². The van der Waals surface area contributed by atoms with Crippen molar-refractivity contribution in [2.45, 2.75) is 63.6 Å². The van der Waals surface area contributed by atoms with Crippen LogP contribution in [0.2, 0.25) is 0 Å². The standard InChI is InChI=1S/C17H29N3O3/c1-12(2)20-16(22)19(8-5-9-23-3)15(21)17(20)10-13-6-4-7-18-14(13)11-17/h12-14,18H,4-11H2,1-3H3. The largest absolute Gasteiger partial charge is 0.385 e. The highest BCUT2D eigenvalue weighted by Gasteiger charge is 2.62. The summed E-state index contributed by atoms with van der Waals surface area (Å²) in [5.41, 5.74) is -0.620. The van der Waals surface area contributed by atoms with E-state index in [-0.39, 0.29) is 18.0 Å². The number of ether oxygens (including phenoxy) is 1. The van der Waals surface area contributed by atoms with Crippen LogP contribution >= 0.6 is 0 Å². The number of urea groups is 1. The smallest absolute Gasteiger partial charge is 0.327 e. The number of nitrogens with zero attached hydrogens (tertiary/aromatic N) is 2. The number of methoxy groups -OCH3 is 1. The molecule has 3 amide bonds. The van der Waals surface area contributed by atoms with E-state index >= 15 is 0 Å². The molecule has 2 saturated heterocycles. The summed E-state index contributed by atoms with van der Waals surface area (Å²) in [7, 11) is 1.64. The van der Waals surface area contributed by atoms with Gasteiger partial charge in [0.25, 0.3) is 5.91 Å². The second kappa shape index (κ2) is 6.40. The average Bonchev–Trinajstić information content (AvgIpc) is 2.98. The Bertz CT molecular complexity index is 466. The van der Waals surface area contributed by atoms with Gasteiger partial charge in [0.1, 0.15) is 5.54 Å². The van der Waals surface area contributed by atoms with Gasteiger partial charge < -0.3 is 15.0 Å². The number of nitrogens with one attached hydrogen (secondary N) is 1. The maximum absolute atomic E-state index is 13.2. The van der Waals surface area contributed by atoms with Gasteiger partial charge >= 0.3 is 6.03 Å². The second-order valence-corrected chi connectivity index (χ2v) is 7.45. The molecule has 0 aromatic heterocycles. The summed E-state index contributed by atoms with van der Waals surface area (Å²) in [4.78, 5) is 29.4. The minimum absolute atomic E-state index is 0.0171. The highest BCUT2D eigenvalue weighted by molar-refractivity contribution is 6.07. The molecule has 2 heterocycles. The quantitative estimate of drug-likeness (QED) is 0.616. The molecule has 0 radical (unpaired) electrons. The molecule has 3 rings (SSSR count). The first-order chi connectivity index (χ1) is 11.0. The van der Waals surface area contributed by atoms with E-state index in [4.69, 9.17) is 4.74 Å². The van der Waals surface area contributed by atoms with Gasteiger partial charge in [0, 0.05) is 32.3 Å². The third-order valence-electron chi connectivity index (χ3n) is 5.67. The molecule has 2 aliphatic heterocycles. The molecule has 3 aliphatic rings. The molecule has 1 saturated carbocycles. The molecule has 0 aromatic rings. The summed E-state index contributed by atoms with van der Waals surface area (Å²) < 4.78 is 5.07. The van der Waals surface area contributed by atoms with Gasteiger partial charge in [-0.25, -0.2) is 4.79 Å². The van der Waals surface area contributed by atoms with Crippen LogP contribution in [0, 0.1) is 5.92 Å². The van der Waals surface area contributed by atoms with E-state index in [1.54, 1.807) is 7.11 Å². The van der Waals surface area contributed by atoms with Crippen molar-refractivity contribution < 1.29 is 14.3 Å². The fourth-order valence-corrected chi connectivity index (χ4v) is 4.79. The van der Waals surface area contributed by atoms with Crippen LogP contribution in [0.4, 0.5) is 4.79 Å². The van der Waals surface area contributed by atoms with Crippen molar-refractivity contribution in [2.24, 2.45) is 5.92 Å². The Kier molecular flexibility index (Phi) is 4.65. The normalized spacial score (nSPS) is 34.1. The summed E-state index contributed by atoms with van der Waals surface area (Å²) >= 11 is 0. The molecule has 6 nitrogen and oxygen atoms in total. The minimum Gasteiger partial charge on any atom is -0.385 e. The van der Waals surface area contributed by atoms with E-state index in [1.165, 1.54) is 11.3 Å². The van der Waals surface area contributed by atoms with Crippen molar-refractivity contribution in [3.63, 3.8) is 0 Å². The van der Waals surface area contributed by atoms with E-state index in [0.717, 1.165) is 25.8 Å². The van der Waals surface area contributed by atoms with Crippen LogP contribution in [0.1, 0.15) is 46.0 Å². The van der Waals surface area contributed by atoms with Gasteiger partial charge in [0.05, 0.1) is 0 Å². The minimum atomic E-state index is -0.620. The zero-order valence-electron chi connectivity index (χ0n) is 14.5. The summed E-state index contributed by atoms with van der Waals surface area (Å²) in [6.07, 6.45) is 4.60. The van der Waals surface area contributed by atoms with Gasteiger partial charge in [-0.3, -0.25) is 9.69 Å². The Morgan fingerprint density at radius 1 is 1.35 bits per heavy atom. The Balaban J connectivity index is 1.85. The average molecular weight is 323 g/mol. The van der Waals surface area contributed by atoms with E-state index in [0.29, 0.717) is 31.5 Å². The second-order valence-electron chi connectivity index (χ2n) is 7.45. The predicted octanol–water partition coefficient (Wildman–Crippen LogP) is 1.60. The van der Waals surface area contributed by atoms with Gasteiger partial charge in [0.2, 0.25) is 0 Å². The Labute approximate surface area is 138 Å². The van der Waals surface area contributed by atoms with Crippen molar-refractivity contribution in [3.05, 3.63) is 0 Å². The lowest BCUT2D eigenvalue weighted by Gasteiger charge is -2.34. The lowest BCUT2D eigenvalue weighted by atomic mass is 9.91. The van der Waals surface area contributed by atoms with Crippen LogP contribution in [-0.2, 0) is 9.53 Å². The van der Waals surface area contributed by atoms with Crippen molar-refractivity contribution in [1.29, 1.82) is 0 Å². The summed E-state index contributed by atoms with van der Waals surface area (Å²) in [6, 6.07) is 0.305. The molecule has 23 heavy (non-hydrogen) atoms. The van der Waals surface area contributed by atoms with Gasteiger partial charge in [0.15, 0.2) is 0 Å². The van der Waals surface area contributed by atoms with E-state index in [1.807, 2.05) is 18.7 Å². The molecule has 3 unspecified atom stereocenters. The molecule has 0 bridgehead atoms. The van der Waals surface area contributed by atoms with E-state index < -0.39 is 5.54 Å². The molecular formula is C17H29N3O3. The van der Waals surface area contributed by atoms with Crippen LogP contribution < -0.4 is 5.32 Å². The highest BCUT2D eigenvalue weighted by atomic mass is 16.5. The Hall–Kier alpha value is -1.14. The van der Waals surface area contributed by atoms with Gasteiger partial charge in [-0.15, -0.1) is 0 Å². The molecule has 0 aromatic carbocycles. The first kappa shape index (κ1) is 16.7. The van der Waals surface area contributed by atoms with Gasteiger partial charge in [-0.2, -0.15) is 0 Å². The molecule has 1 N–H and O–H groups in total. The third-order valence-corrected chi connectivity index (χ3v) is 5.67. The zero-order valence-corrected chi connectivity index (χ0v) is 14.5. The van der Waals surface area contributed by atoms with Gasteiger partial charge in [-0.05, 0) is 58.4 Å². The summed E-state index contributed by atoms with van der Waals surface area (Å²) in [5.74, 6) is 0.532. The molecular weight excluding hydrogens is 294 g/mol. The first-order valence-electron chi connectivity index (χ1n) is 8.89. The van der Waals surface area contributed by atoms with Gasteiger partial charge in [-0.1, -0.05) is 0 Å². The fraction of sp³-hybridized carbons (Fsp3) is 0.882. The number of piperidine rings is 1. The molecule has 3 fully saturated rings. The number of carbonyl (C=O) groups excluding carboxylic acids is 2. The number of fused-ring (bicyclic) bond motifs is 1. The van der Waals surface area contributed by atoms with Crippen molar-refractivity contribution in [1.82, 2.24) is 15.1 Å². The summed E-state index contributed by atoms with van der Waals surface area (Å²) in [5, 5.41) is 3.57. The molecule has 6 heteroatoms. The maximum Gasteiger partial charge on any atom is 0.327 e. The van der Waals surface area contributed by atoms with E-state index in [2.05, 4.69) is 5.32 Å². The molecule has 1 spiro atoms. The Morgan fingerprint density at radius 3 is 2.78 bits per heavy atom. The summed E-state index contributed by atoms with van der Waals surface area (Å²) in [6.45, 7) is 6.08. The number of hydrogen-bond acceptors (Lipinski definition) is 4. The molecule has 130 valence electrons. The topological polar surface area (TPSA) is 61.9 Å². The first-order valence-corrected chi connectivity index (χ1v) is 8.89. The number of hydrogen-bond donors (Lipinski definition) is 1. The SMILES string of the molecule is COCCCN1C(=O)N(C(C)C)C2(CC3CCCNC3C2)C1=O. The van der Waals surface area contributed by atoms with Crippen molar-refractivity contribution in [2.75, 3.05) is 26.8 Å². The Morgan fingerprint density at radius 2 is 2.13 bits per heavy atom. The number of amides is 3. The van der Waals surface area contributed by atoms with E-state index in [9.17, 15) is 9.59 Å². The monoisotopic (exact) mass is 323 g/mol. The third kappa shape index (κ3) is 2.66. The van der Waals surface area contributed by atoms with Crippen LogP contribution in [0.15, 0.2) is 0 Å². The highest BCUT2D eigenvalue weighted by Crippen LogP contribution is 2.47. The predicted molar refractivity (Wildman–Crippen MR) is 87.1 cm³/mol. The lowest BCUT2D eigenvalue weighted by molar-refractivity contribution is -0.133. The zero-order chi connectivity index (χ0) is 16.6. The van der Waals surface area contributed by atoms with Crippen LogP contribution in [0.5, 0.6) is 0 Å². The maximum atomic E-state index is 13.2. The number of imide groups is 1. The van der Waals surface area contributed by atoms with Crippen LogP contribution in [0.3, 0.4) is 0 Å². The lowest BCUT2D eigenvalue weighted by Crippen LogP contribution is -2.51. The number of carbonyl (C=O) groups is 2.